The molecule has 2 heterocycles. The predicted molar refractivity (Wildman–Crippen MR) is 138 cm³/mol. The molecule has 1 fully saturated rings. The zero-order valence-electron chi connectivity index (χ0n) is 20.8. The largest absolute Gasteiger partial charge is 0.497 e. The Morgan fingerprint density at radius 2 is 1.58 bits per heavy atom. The van der Waals surface area contributed by atoms with E-state index in [1.54, 1.807) is 29.7 Å². The molecule has 188 valence electrons. The molecular formula is C28H32N4O4. The minimum absolute atomic E-state index is 0.0182. The number of nitrogens with one attached hydrogen (secondary N) is 1. The zero-order chi connectivity index (χ0) is 25.5. The molecule has 4 rings (SSSR count). The number of hydrogen-bond donors (Lipinski definition) is 1. The number of hydrogen-bond acceptors (Lipinski definition) is 5. The molecule has 0 atom stereocenters. The Morgan fingerprint density at radius 3 is 2.28 bits per heavy atom. The summed E-state index contributed by atoms with van der Waals surface area (Å²) in [5.41, 5.74) is 1.63. The summed E-state index contributed by atoms with van der Waals surface area (Å²) in [6.45, 7) is 5.79. The van der Waals surface area contributed by atoms with E-state index in [9.17, 15) is 14.4 Å². The number of methoxy groups -OCH3 is 1. The fraction of sp³-hybridized carbons (Fsp3) is 0.321. The minimum Gasteiger partial charge on any atom is -0.497 e. The molecular weight excluding hydrogens is 456 g/mol. The van der Waals surface area contributed by atoms with Crippen molar-refractivity contribution in [3.63, 3.8) is 0 Å². The molecule has 1 aliphatic heterocycles. The van der Waals surface area contributed by atoms with Gasteiger partial charge in [0, 0.05) is 58.2 Å². The van der Waals surface area contributed by atoms with Gasteiger partial charge in [0.2, 0.25) is 5.43 Å². The summed E-state index contributed by atoms with van der Waals surface area (Å²) in [5.74, 6) is 0.0103. The highest BCUT2D eigenvalue weighted by Gasteiger charge is 2.26. The fourth-order valence-electron chi connectivity index (χ4n) is 4.40. The van der Waals surface area contributed by atoms with E-state index >= 15 is 0 Å². The molecule has 0 bridgehead atoms. The number of carbonyl (C=O) groups is 2. The number of carbonyl (C=O) groups excluding carboxylic acids is 2. The summed E-state index contributed by atoms with van der Waals surface area (Å²) in [4.78, 5) is 43.2. The van der Waals surface area contributed by atoms with Crippen molar-refractivity contribution in [1.29, 1.82) is 0 Å². The summed E-state index contributed by atoms with van der Waals surface area (Å²) >= 11 is 0. The van der Waals surface area contributed by atoms with Crippen molar-refractivity contribution in [2.45, 2.75) is 20.0 Å². The molecule has 2 amide bonds. The van der Waals surface area contributed by atoms with Gasteiger partial charge in [0.25, 0.3) is 11.8 Å². The van der Waals surface area contributed by atoms with E-state index in [4.69, 9.17) is 4.74 Å². The molecule has 8 nitrogen and oxygen atoms in total. The molecule has 1 aromatic heterocycles. The SMILES string of the molecule is CCNC(=O)c1cn(Cc2ccccc2)cc(C(=O)N2CCN(Cc3cccc(OC)c3)CC2)c1=O. The first kappa shape index (κ1) is 25.2. The van der Waals surface area contributed by atoms with E-state index in [0.717, 1.165) is 23.4 Å². The third-order valence-corrected chi connectivity index (χ3v) is 6.30. The first-order valence-corrected chi connectivity index (χ1v) is 12.2. The fourth-order valence-corrected chi connectivity index (χ4v) is 4.40. The van der Waals surface area contributed by atoms with Crippen LogP contribution in [0.5, 0.6) is 5.75 Å². The van der Waals surface area contributed by atoms with Crippen LogP contribution in [0, 0.1) is 0 Å². The molecule has 2 aromatic carbocycles. The van der Waals surface area contributed by atoms with Crippen LogP contribution in [0.25, 0.3) is 0 Å². The molecule has 8 heteroatoms. The third-order valence-electron chi connectivity index (χ3n) is 6.30. The predicted octanol–water partition coefficient (Wildman–Crippen LogP) is 2.61. The average molecular weight is 489 g/mol. The van der Waals surface area contributed by atoms with Crippen LogP contribution in [0.4, 0.5) is 0 Å². The van der Waals surface area contributed by atoms with Crippen molar-refractivity contribution < 1.29 is 14.3 Å². The maximum absolute atomic E-state index is 13.5. The summed E-state index contributed by atoms with van der Waals surface area (Å²) < 4.78 is 7.05. The Labute approximate surface area is 211 Å². The number of ether oxygens (including phenoxy) is 1. The summed E-state index contributed by atoms with van der Waals surface area (Å²) in [6, 6.07) is 17.7. The zero-order valence-corrected chi connectivity index (χ0v) is 20.8. The second kappa shape index (κ2) is 11.7. The van der Waals surface area contributed by atoms with E-state index in [2.05, 4.69) is 16.3 Å². The van der Waals surface area contributed by atoms with Crippen LogP contribution in [0.3, 0.4) is 0 Å². The molecule has 36 heavy (non-hydrogen) atoms. The Balaban J connectivity index is 1.51. The van der Waals surface area contributed by atoms with Crippen LogP contribution in [-0.4, -0.2) is 66.0 Å². The monoisotopic (exact) mass is 488 g/mol. The van der Waals surface area contributed by atoms with E-state index in [-0.39, 0.29) is 17.0 Å². The normalized spacial score (nSPS) is 13.9. The Morgan fingerprint density at radius 1 is 0.889 bits per heavy atom. The highest BCUT2D eigenvalue weighted by atomic mass is 16.5. The number of amides is 2. The summed E-state index contributed by atoms with van der Waals surface area (Å²) in [6.07, 6.45) is 3.10. The summed E-state index contributed by atoms with van der Waals surface area (Å²) in [5, 5.41) is 2.68. The topological polar surface area (TPSA) is 83.9 Å². The van der Waals surface area contributed by atoms with Crippen LogP contribution >= 0.6 is 0 Å². The van der Waals surface area contributed by atoms with Crippen LogP contribution in [0.15, 0.2) is 71.8 Å². The van der Waals surface area contributed by atoms with Crippen LogP contribution < -0.4 is 15.5 Å². The Hall–Kier alpha value is -3.91. The molecule has 0 saturated carbocycles. The maximum Gasteiger partial charge on any atom is 0.259 e. The Bertz CT molecular complexity index is 1260. The molecule has 0 unspecified atom stereocenters. The van der Waals surface area contributed by atoms with Gasteiger partial charge in [-0.25, -0.2) is 0 Å². The smallest absolute Gasteiger partial charge is 0.259 e. The van der Waals surface area contributed by atoms with Crippen LogP contribution in [-0.2, 0) is 13.1 Å². The highest BCUT2D eigenvalue weighted by Crippen LogP contribution is 2.16. The standard InChI is InChI=1S/C28H32N4O4/c1-3-29-27(34)24-19-31(17-21-8-5-4-6-9-21)20-25(26(24)33)28(35)32-14-12-30(13-15-32)18-22-10-7-11-23(16-22)36-2/h4-11,16,19-20H,3,12-15,17-18H2,1-2H3,(H,29,34). The second-order valence-corrected chi connectivity index (χ2v) is 8.85. The van der Waals surface area contributed by atoms with Gasteiger partial charge in [-0.2, -0.15) is 0 Å². The van der Waals surface area contributed by atoms with Crippen LogP contribution in [0.2, 0.25) is 0 Å². The second-order valence-electron chi connectivity index (χ2n) is 8.85. The number of aromatic nitrogens is 1. The van der Waals surface area contributed by atoms with E-state index in [1.165, 1.54) is 6.20 Å². The van der Waals surface area contributed by atoms with Crippen molar-refractivity contribution >= 4 is 11.8 Å². The van der Waals surface area contributed by atoms with Crippen molar-refractivity contribution in [3.8, 4) is 5.75 Å². The van der Waals surface area contributed by atoms with Crippen LogP contribution in [0.1, 0.15) is 38.8 Å². The van der Waals surface area contributed by atoms with Gasteiger partial charge in [0.1, 0.15) is 16.9 Å². The van der Waals surface area contributed by atoms with E-state index < -0.39 is 11.3 Å². The number of pyridine rings is 1. The number of benzene rings is 2. The van der Waals surface area contributed by atoms with E-state index in [0.29, 0.717) is 39.3 Å². The molecule has 0 aliphatic carbocycles. The Kier molecular flexibility index (Phi) is 8.17. The lowest BCUT2D eigenvalue weighted by atomic mass is 10.1. The molecule has 0 spiro atoms. The van der Waals surface area contributed by atoms with Gasteiger partial charge in [-0.15, -0.1) is 0 Å². The van der Waals surface area contributed by atoms with Gasteiger partial charge in [-0.05, 0) is 30.2 Å². The lowest BCUT2D eigenvalue weighted by Crippen LogP contribution is -2.49. The van der Waals surface area contributed by atoms with Crippen molar-refractivity contribution in [2.24, 2.45) is 0 Å². The number of piperazine rings is 1. The van der Waals surface area contributed by atoms with Gasteiger partial charge in [0.05, 0.1) is 7.11 Å². The molecule has 1 aliphatic rings. The number of nitrogens with zero attached hydrogens (tertiary/aromatic N) is 3. The van der Waals surface area contributed by atoms with Crippen molar-refractivity contribution in [1.82, 2.24) is 19.7 Å². The van der Waals surface area contributed by atoms with E-state index in [1.807, 2.05) is 48.5 Å². The highest BCUT2D eigenvalue weighted by molar-refractivity contribution is 5.99. The lowest BCUT2D eigenvalue weighted by Gasteiger charge is -2.34. The van der Waals surface area contributed by atoms with Gasteiger partial charge < -0.3 is 19.5 Å². The average Bonchev–Trinajstić information content (AvgIpc) is 2.90. The number of rotatable bonds is 8. The van der Waals surface area contributed by atoms with Gasteiger partial charge in [-0.3, -0.25) is 19.3 Å². The van der Waals surface area contributed by atoms with Crippen molar-refractivity contribution in [2.75, 3.05) is 39.8 Å². The first-order valence-electron chi connectivity index (χ1n) is 12.2. The van der Waals surface area contributed by atoms with Gasteiger partial charge in [-0.1, -0.05) is 42.5 Å². The summed E-state index contributed by atoms with van der Waals surface area (Å²) in [7, 11) is 1.65. The molecule has 1 N–H and O–H groups in total. The van der Waals surface area contributed by atoms with Crippen molar-refractivity contribution in [3.05, 3.63) is 99.5 Å². The van der Waals surface area contributed by atoms with Gasteiger partial charge in [0.15, 0.2) is 0 Å². The lowest BCUT2D eigenvalue weighted by molar-refractivity contribution is 0.0626. The minimum atomic E-state index is -0.533. The maximum atomic E-state index is 13.5. The van der Waals surface area contributed by atoms with Gasteiger partial charge >= 0.3 is 0 Å². The third kappa shape index (κ3) is 6.01. The quantitative estimate of drug-likeness (QED) is 0.527. The first-order chi connectivity index (χ1) is 17.5. The molecule has 1 saturated heterocycles. The molecule has 0 radical (unpaired) electrons. The molecule has 3 aromatic rings.